The first-order chi connectivity index (χ1) is 4.66. The molecular weight excluding hydrogens is 130 g/mol. The van der Waals surface area contributed by atoms with Crippen LogP contribution in [0.25, 0.3) is 0 Å². The number of cyclic esters (lactones) is 1. The molecule has 3 heteroatoms. The van der Waals surface area contributed by atoms with Gasteiger partial charge in [-0.2, -0.15) is 0 Å². The number of aliphatic imine (C=N–C) groups is 1. The third kappa shape index (κ3) is 0.916. The number of carbonyl (C=O) groups is 1. The minimum absolute atomic E-state index is 0.0290. The third-order valence-corrected chi connectivity index (χ3v) is 1.94. The summed E-state index contributed by atoms with van der Waals surface area (Å²) in [4.78, 5) is 14.7. The van der Waals surface area contributed by atoms with E-state index in [2.05, 4.69) is 4.99 Å². The van der Waals surface area contributed by atoms with Crippen molar-refractivity contribution in [3.05, 3.63) is 0 Å². The van der Waals surface area contributed by atoms with Crippen molar-refractivity contribution in [2.45, 2.75) is 13.8 Å². The van der Waals surface area contributed by atoms with Crippen LogP contribution in [0.3, 0.4) is 0 Å². The van der Waals surface area contributed by atoms with Crippen molar-refractivity contribution in [3.8, 4) is 0 Å². The van der Waals surface area contributed by atoms with Gasteiger partial charge in [0.25, 0.3) is 0 Å². The van der Waals surface area contributed by atoms with Gasteiger partial charge in [0.05, 0.1) is 5.92 Å². The van der Waals surface area contributed by atoms with E-state index >= 15 is 0 Å². The van der Waals surface area contributed by atoms with Crippen LogP contribution in [0.1, 0.15) is 13.8 Å². The fraction of sp³-hybridized carbons (Fsp3) is 0.714. The Balaban J connectivity index is 2.81. The first-order valence-electron chi connectivity index (χ1n) is 3.35. The molecule has 1 aliphatic heterocycles. The Hall–Kier alpha value is -0.860. The Labute approximate surface area is 60.1 Å². The van der Waals surface area contributed by atoms with Gasteiger partial charge in [-0.1, -0.05) is 13.8 Å². The van der Waals surface area contributed by atoms with Crippen molar-refractivity contribution in [1.82, 2.24) is 0 Å². The summed E-state index contributed by atoms with van der Waals surface area (Å²) < 4.78 is 4.85. The van der Waals surface area contributed by atoms with Crippen LogP contribution in [0.2, 0.25) is 0 Å². The van der Waals surface area contributed by atoms with Crippen LogP contribution < -0.4 is 0 Å². The van der Waals surface area contributed by atoms with Crippen molar-refractivity contribution in [3.63, 3.8) is 0 Å². The quantitative estimate of drug-likeness (QED) is 0.469. The first-order valence-corrected chi connectivity index (χ1v) is 3.35. The number of carbonyl (C=O) groups excluding carboxylic acids is 1. The van der Waals surface area contributed by atoms with Gasteiger partial charge in [0, 0.05) is 13.0 Å². The van der Waals surface area contributed by atoms with Gasteiger partial charge in [-0.25, -0.2) is 0 Å². The molecule has 56 valence electrons. The largest absolute Gasteiger partial charge is 0.411 e. The molecule has 1 fully saturated rings. The summed E-state index contributed by atoms with van der Waals surface area (Å²) in [6.45, 7) is 3.79. The van der Waals surface area contributed by atoms with Gasteiger partial charge in [0.2, 0.25) is 0 Å². The molecule has 1 rings (SSSR count). The molecule has 0 aromatic heterocycles. The van der Waals surface area contributed by atoms with E-state index in [9.17, 15) is 4.79 Å². The summed E-state index contributed by atoms with van der Waals surface area (Å²) in [5, 5.41) is 0. The van der Waals surface area contributed by atoms with Gasteiger partial charge in [0.1, 0.15) is 0 Å². The molecular formula is C7H11NO2. The van der Waals surface area contributed by atoms with E-state index in [0.717, 1.165) is 0 Å². The predicted octanol–water partition coefficient (Wildman–Crippen LogP) is 0.844. The fourth-order valence-electron chi connectivity index (χ4n) is 0.956. The zero-order valence-electron chi connectivity index (χ0n) is 6.42. The predicted molar refractivity (Wildman–Crippen MR) is 37.8 cm³/mol. The van der Waals surface area contributed by atoms with Gasteiger partial charge >= 0.3 is 5.97 Å². The molecule has 3 nitrogen and oxygen atoms in total. The van der Waals surface area contributed by atoms with E-state index in [1.54, 1.807) is 7.05 Å². The second-order valence-electron chi connectivity index (χ2n) is 2.56. The highest BCUT2D eigenvalue weighted by atomic mass is 16.5. The highest BCUT2D eigenvalue weighted by Gasteiger charge is 2.35. The molecule has 0 saturated carbocycles. The molecule has 2 atom stereocenters. The smallest absolute Gasteiger partial charge is 0.315 e. The average molecular weight is 141 g/mol. The Morgan fingerprint density at radius 2 is 2.00 bits per heavy atom. The standard InChI is InChI=1S/C7H11NO2/c1-4-5(2)7(9)10-6(4)8-3/h4-5H,1-3H3. The van der Waals surface area contributed by atoms with Crippen LogP contribution in [0.5, 0.6) is 0 Å². The monoisotopic (exact) mass is 141 g/mol. The maximum Gasteiger partial charge on any atom is 0.315 e. The topological polar surface area (TPSA) is 38.7 Å². The number of nitrogens with zero attached hydrogens (tertiary/aromatic N) is 1. The maximum atomic E-state index is 10.9. The zero-order valence-corrected chi connectivity index (χ0v) is 6.42. The van der Waals surface area contributed by atoms with Crippen molar-refractivity contribution in [2.75, 3.05) is 7.05 Å². The number of hydrogen-bond acceptors (Lipinski definition) is 3. The molecule has 0 aromatic carbocycles. The lowest BCUT2D eigenvalue weighted by Crippen LogP contribution is -2.09. The normalized spacial score (nSPS) is 36.7. The maximum absolute atomic E-state index is 10.9. The Kier molecular flexibility index (Phi) is 1.74. The van der Waals surface area contributed by atoms with Crippen LogP contribution >= 0.6 is 0 Å². The van der Waals surface area contributed by atoms with Crippen LogP contribution in [0.15, 0.2) is 4.99 Å². The van der Waals surface area contributed by atoms with Gasteiger partial charge in [0.15, 0.2) is 5.90 Å². The lowest BCUT2D eigenvalue weighted by atomic mass is 9.99. The number of hydrogen-bond donors (Lipinski definition) is 0. The molecule has 0 amide bonds. The van der Waals surface area contributed by atoms with E-state index < -0.39 is 0 Å². The summed E-state index contributed by atoms with van der Waals surface area (Å²) in [7, 11) is 1.64. The molecule has 0 radical (unpaired) electrons. The Morgan fingerprint density at radius 1 is 1.40 bits per heavy atom. The van der Waals surface area contributed by atoms with Crippen molar-refractivity contribution in [2.24, 2.45) is 16.8 Å². The van der Waals surface area contributed by atoms with Crippen LogP contribution in [-0.2, 0) is 9.53 Å². The Bertz CT molecular complexity index is 186. The zero-order chi connectivity index (χ0) is 7.72. The second-order valence-corrected chi connectivity index (χ2v) is 2.56. The number of esters is 1. The lowest BCUT2D eigenvalue weighted by molar-refractivity contribution is -0.136. The van der Waals surface area contributed by atoms with Crippen molar-refractivity contribution in [1.29, 1.82) is 0 Å². The highest BCUT2D eigenvalue weighted by Crippen LogP contribution is 2.22. The van der Waals surface area contributed by atoms with E-state index in [4.69, 9.17) is 4.74 Å². The van der Waals surface area contributed by atoms with Crippen LogP contribution in [0, 0.1) is 11.8 Å². The molecule has 0 N–H and O–H groups in total. The first kappa shape index (κ1) is 7.25. The van der Waals surface area contributed by atoms with E-state index in [1.165, 1.54) is 0 Å². The van der Waals surface area contributed by atoms with Crippen molar-refractivity contribution >= 4 is 11.9 Å². The molecule has 1 heterocycles. The number of ether oxygens (including phenoxy) is 1. The lowest BCUT2D eigenvalue weighted by Gasteiger charge is -2.00. The van der Waals surface area contributed by atoms with Gasteiger partial charge in [-0.15, -0.1) is 0 Å². The highest BCUT2D eigenvalue weighted by molar-refractivity contribution is 5.98. The van der Waals surface area contributed by atoms with E-state index in [1.807, 2.05) is 13.8 Å². The molecule has 0 aliphatic carbocycles. The molecule has 10 heavy (non-hydrogen) atoms. The summed E-state index contributed by atoms with van der Waals surface area (Å²) in [5.74, 6) is 0.529. The minimum Gasteiger partial charge on any atom is -0.411 e. The van der Waals surface area contributed by atoms with E-state index in [0.29, 0.717) is 5.90 Å². The molecule has 1 saturated heterocycles. The SMILES string of the molecule is CN=C1OC(=O)C(C)C1C. The second kappa shape index (κ2) is 2.40. The minimum atomic E-state index is -0.159. The van der Waals surface area contributed by atoms with E-state index in [-0.39, 0.29) is 17.8 Å². The average Bonchev–Trinajstić information content (AvgIpc) is 2.17. The molecule has 0 bridgehead atoms. The van der Waals surface area contributed by atoms with Crippen LogP contribution in [0.4, 0.5) is 0 Å². The Morgan fingerprint density at radius 3 is 2.20 bits per heavy atom. The van der Waals surface area contributed by atoms with Gasteiger partial charge < -0.3 is 4.74 Å². The molecule has 0 spiro atoms. The summed E-state index contributed by atoms with van der Waals surface area (Å²) in [5.41, 5.74) is 0. The fourth-order valence-corrected chi connectivity index (χ4v) is 0.956. The molecule has 0 aromatic rings. The van der Waals surface area contributed by atoms with Crippen LogP contribution in [-0.4, -0.2) is 18.9 Å². The molecule has 1 aliphatic rings. The third-order valence-electron chi connectivity index (χ3n) is 1.94. The summed E-state index contributed by atoms with van der Waals surface area (Å²) in [6, 6.07) is 0. The molecule has 2 unspecified atom stereocenters. The van der Waals surface area contributed by atoms with Crippen molar-refractivity contribution < 1.29 is 9.53 Å². The van der Waals surface area contributed by atoms with Gasteiger partial charge in [-0.05, 0) is 0 Å². The number of rotatable bonds is 0. The van der Waals surface area contributed by atoms with Gasteiger partial charge in [-0.3, -0.25) is 9.79 Å². The summed E-state index contributed by atoms with van der Waals surface area (Å²) in [6.07, 6.45) is 0. The summed E-state index contributed by atoms with van der Waals surface area (Å²) >= 11 is 0.